The molecule has 0 aliphatic rings. The average Bonchev–Trinajstić information content (AvgIpc) is 2.66. The van der Waals surface area contributed by atoms with Crippen LogP contribution in [0.5, 0.6) is 0 Å². The topological polar surface area (TPSA) is 0 Å². The van der Waals surface area contributed by atoms with E-state index in [1.807, 2.05) is 0 Å². The zero-order valence-electron chi connectivity index (χ0n) is 10.1. The Bertz CT molecular complexity index is 543. The lowest BCUT2D eigenvalue weighted by Gasteiger charge is -2.09. The van der Waals surface area contributed by atoms with Crippen molar-refractivity contribution in [2.45, 2.75) is 25.1 Å². The monoisotopic (exact) mass is 330 g/mol. The SMILES string of the molecule is Cc1cc(C(Br)Cc2cccc(F)c2F)sc1C. The molecular formula is C14H13BrF2S. The van der Waals surface area contributed by atoms with Gasteiger partial charge in [-0.2, -0.15) is 0 Å². The van der Waals surface area contributed by atoms with Crippen LogP contribution >= 0.6 is 27.3 Å². The molecule has 1 aromatic carbocycles. The number of hydrogen-bond donors (Lipinski definition) is 0. The minimum Gasteiger partial charge on any atom is -0.204 e. The molecule has 0 amide bonds. The van der Waals surface area contributed by atoms with Crippen LogP contribution in [-0.2, 0) is 6.42 Å². The lowest BCUT2D eigenvalue weighted by molar-refractivity contribution is 0.498. The maximum Gasteiger partial charge on any atom is 0.162 e. The van der Waals surface area contributed by atoms with E-state index in [1.165, 1.54) is 10.4 Å². The second kappa shape index (κ2) is 5.49. The van der Waals surface area contributed by atoms with Gasteiger partial charge in [0.25, 0.3) is 0 Å². The number of thiophene rings is 1. The van der Waals surface area contributed by atoms with E-state index in [0.717, 1.165) is 10.9 Å². The highest BCUT2D eigenvalue weighted by atomic mass is 79.9. The normalized spacial score (nSPS) is 12.7. The Morgan fingerprint density at radius 1 is 1.28 bits per heavy atom. The second-order valence-corrected chi connectivity index (χ2v) is 6.67. The number of benzene rings is 1. The zero-order chi connectivity index (χ0) is 13.3. The van der Waals surface area contributed by atoms with Crippen molar-refractivity contribution >= 4 is 27.3 Å². The van der Waals surface area contributed by atoms with E-state index in [2.05, 4.69) is 35.8 Å². The van der Waals surface area contributed by atoms with Crippen molar-refractivity contribution in [1.82, 2.24) is 0 Å². The summed E-state index contributed by atoms with van der Waals surface area (Å²) in [7, 11) is 0. The predicted molar refractivity (Wildman–Crippen MR) is 75.5 cm³/mol. The quantitative estimate of drug-likeness (QED) is 0.668. The molecule has 0 nitrogen and oxygen atoms in total. The first-order valence-electron chi connectivity index (χ1n) is 5.63. The maximum absolute atomic E-state index is 13.6. The molecule has 0 saturated carbocycles. The molecule has 0 spiro atoms. The van der Waals surface area contributed by atoms with E-state index in [9.17, 15) is 8.78 Å². The highest BCUT2D eigenvalue weighted by molar-refractivity contribution is 9.09. The van der Waals surface area contributed by atoms with Crippen LogP contribution in [0.2, 0.25) is 0 Å². The molecule has 0 saturated heterocycles. The molecular weight excluding hydrogens is 318 g/mol. The lowest BCUT2D eigenvalue weighted by atomic mass is 10.1. The summed E-state index contributed by atoms with van der Waals surface area (Å²) in [5.74, 6) is -1.53. The van der Waals surface area contributed by atoms with Crippen molar-refractivity contribution in [2.75, 3.05) is 0 Å². The molecule has 0 fully saturated rings. The second-order valence-electron chi connectivity index (χ2n) is 4.27. The Morgan fingerprint density at radius 2 is 2.00 bits per heavy atom. The van der Waals surface area contributed by atoms with Gasteiger partial charge >= 0.3 is 0 Å². The number of halogens is 3. The fraction of sp³-hybridized carbons (Fsp3) is 0.286. The molecule has 0 aliphatic heterocycles. The zero-order valence-corrected chi connectivity index (χ0v) is 12.5. The summed E-state index contributed by atoms with van der Waals surface area (Å²) in [6.45, 7) is 4.11. The minimum absolute atomic E-state index is 0.0196. The fourth-order valence-electron chi connectivity index (χ4n) is 1.76. The first kappa shape index (κ1) is 13.7. The van der Waals surface area contributed by atoms with Crippen LogP contribution in [0.3, 0.4) is 0 Å². The smallest absolute Gasteiger partial charge is 0.162 e. The third kappa shape index (κ3) is 2.81. The Morgan fingerprint density at radius 3 is 2.61 bits per heavy atom. The van der Waals surface area contributed by atoms with Gasteiger partial charge in [-0.1, -0.05) is 28.1 Å². The maximum atomic E-state index is 13.6. The Hall–Kier alpha value is -0.740. The number of alkyl halides is 1. The van der Waals surface area contributed by atoms with E-state index < -0.39 is 11.6 Å². The van der Waals surface area contributed by atoms with Crippen LogP contribution in [0.25, 0.3) is 0 Å². The molecule has 96 valence electrons. The number of aryl methyl sites for hydroxylation is 2. The third-order valence-corrected chi connectivity index (χ3v) is 5.31. The number of hydrogen-bond acceptors (Lipinski definition) is 1. The van der Waals surface area contributed by atoms with E-state index in [4.69, 9.17) is 0 Å². The Kier molecular flexibility index (Phi) is 4.17. The van der Waals surface area contributed by atoms with Crippen LogP contribution in [-0.4, -0.2) is 0 Å². The summed E-state index contributed by atoms with van der Waals surface area (Å²) < 4.78 is 26.7. The first-order valence-corrected chi connectivity index (χ1v) is 7.36. The largest absolute Gasteiger partial charge is 0.204 e. The van der Waals surface area contributed by atoms with Gasteiger partial charge in [0.2, 0.25) is 0 Å². The van der Waals surface area contributed by atoms with Crippen molar-refractivity contribution in [1.29, 1.82) is 0 Å². The van der Waals surface area contributed by atoms with E-state index in [1.54, 1.807) is 23.5 Å². The van der Waals surface area contributed by atoms with Crippen LogP contribution in [0.4, 0.5) is 8.78 Å². The molecule has 4 heteroatoms. The minimum atomic E-state index is -0.786. The molecule has 0 bridgehead atoms. The summed E-state index contributed by atoms with van der Waals surface area (Å²) in [6, 6.07) is 6.40. The van der Waals surface area contributed by atoms with Crippen molar-refractivity contribution in [3.8, 4) is 0 Å². The first-order chi connectivity index (χ1) is 8.49. The van der Waals surface area contributed by atoms with Gasteiger partial charge in [-0.3, -0.25) is 0 Å². The molecule has 0 aliphatic carbocycles. The van der Waals surface area contributed by atoms with Gasteiger partial charge < -0.3 is 0 Å². The molecule has 2 aromatic rings. The summed E-state index contributed by atoms with van der Waals surface area (Å²) in [6.07, 6.45) is 0.447. The average molecular weight is 331 g/mol. The van der Waals surface area contributed by atoms with E-state index in [0.29, 0.717) is 12.0 Å². The van der Waals surface area contributed by atoms with Crippen LogP contribution in [0.1, 0.15) is 25.7 Å². The molecule has 1 aromatic heterocycles. The lowest BCUT2D eigenvalue weighted by Crippen LogP contribution is -1.98. The third-order valence-electron chi connectivity index (χ3n) is 2.92. The standard InChI is InChI=1S/C14H13BrF2S/c1-8-6-13(18-9(8)2)11(15)7-10-4-3-5-12(16)14(10)17/h3-6,11H,7H2,1-2H3. The van der Waals surface area contributed by atoms with Gasteiger partial charge in [0.05, 0.1) is 4.83 Å². The van der Waals surface area contributed by atoms with Crippen LogP contribution in [0, 0.1) is 25.5 Å². The van der Waals surface area contributed by atoms with Crippen LogP contribution < -0.4 is 0 Å². The molecule has 1 unspecified atom stereocenters. The highest BCUT2D eigenvalue weighted by Crippen LogP contribution is 2.34. The van der Waals surface area contributed by atoms with Gasteiger partial charge in [0.15, 0.2) is 11.6 Å². The van der Waals surface area contributed by atoms with Gasteiger partial charge in [0, 0.05) is 9.75 Å². The molecule has 0 radical (unpaired) electrons. The van der Waals surface area contributed by atoms with E-state index >= 15 is 0 Å². The van der Waals surface area contributed by atoms with Crippen molar-refractivity contribution in [2.24, 2.45) is 0 Å². The Balaban J connectivity index is 2.21. The van der Waals surface area contributed by atoms with Gasteiger partial charge in [0.1, 0.15) is 0 Å². The van der Waals surface area contributed by atoms with Crippen molar-refractivity contribution in [3.05, 3.63) is 56.8 Å². The van der Waals surface area contributed by atoms with E-state index in [-0.39, 0.29) is 4.83 Å². The van der Waals surface area contributed by atoms with Gasteiger partial charge in [-0.15, -0.1) is 11.3 Å². The van der Waals surface area contributed by atoms with Crippen molar-refractivity contribution < 1.29 is 8.78 Å². The molecule has 2 rings (SSSR count). The van der Waals surface area contributed by atoms with Gasteiger partial charge in [-0.25, -0.2) is 8.78 Å². The summed E-state index contributed by atoms with van der Waals surface area (Å²) in [4.78, 5) is 2.43. The Labute approximate surface area is 118 Å². The van der Waals surface area contributed by atoms with Crippen LogP contribution in [0.15, 0.2) is 24.3 Å². The summed E-state index contributed by atoms with van der Waals surface area (Å²) >= 11 is 5.24. The summed E-state index contributed by atoms with van der Waals surface area (Å²) in [5.41, 5.74) is 1.64. The summed E-state index contributed by atoms with van der Waals surface area (Å²) in [5, 5.41) is 0. The number of rotatable bonds is 3. The molecule has 1 atom stereocenters. The van der Waals surface area contributed by atoms with Gasteiger partial charge in [-0.05, 0) is 43.5 Å². The molecule has 18 heavy (non-hydrogen) atoms. The molecule has 1 heterocycles. The fourth-order valence-corrected chi connectivity index (χ4v) is 3.54. The molecule has 0 N–H and O–H groups in total. The predicted octanol–water partition coefficient (Wildman–Crippen LogP) is 5.32. The highest BCUT2D eigenvalue weighted by Gasteiger charge is 2.16. The van der Waals surface area contributed by atoms with Crippen molar-refractivity contribution in [3.63, 3.8) is 0 Å².